The third-order valence-corrected chi connectivity index (χ3v) is 3.79. The van der Waals surface area contributed by atoms with Crippen LogP contribution in [0.2, 0.25) is 0 Å². The van der Waals surface area contributed by atoms with Crippen molar-refractivity contribution in [3.8, 4) is 6.01 Å². The maximum absolute atomic E-state index is 5.30. The van der Waals surface area contributed by atoms with E-state index in [1.54, 1.807) is 18.4 Å². The van der Waals surface area contributed by atoms with E-state index in [-0.39, 0.29) is 0 Å². The molecule has 0 aliphatic carbocycles. The molecule has 2 heterocycles. The van der Waals surface area contributed by atoms with Crippen LogP contribution in [0.5, 0.6) is 6.01 Å². The largest absolute Gasteiger partial charge is 0.464 e. The van der Waals surface area contributed by atoms with Crippen LogP contribution in [-0.4, -0.2) is 33.6 Å². The fourth-order valence-corrected chi connectivity index (χ4v) is 2.83. The number of thiazole rings is 1. The molecule has 8 heteroatoms. The highest BCUT2D eigenvalue weighted by Crippen LogP contribution is 2.28. The number of hydrogen-bond acceptors (Lipinski definition) is 8. The summed E-state index contributed by atoms with van der Waals surface area (Å²) in [6, 6.07) is 0.327. The highest BCUT2D eigenvalue weighted by molar-refractivity contribution is 8.00. The highest BCUT2D eigenvalue weighted by atomic mass is 32.2. The summed E-state index contributed by atoms with van der Waals surface area (Å²) in [5, 5.41) is 5.45. The predicted molar refractivity (Wildman–Crippen MR) is 71.5 cm³/mol. The fourth-order valence-electron chi connectivity index (χ4n) is 1.15. The van der Waals surface area contributed by atoms with Gasteiger partial charge >= 0.3 is 6.01 Å². The molecule has 0 aromatic carbocycles. The van der Waals surface area contributed by atoms with E-state index in [4.69, 9.17) is 4.74 Å². The van der Waals surface area contributed by atoms with Gasteiger partial charge < -0.3 is 10.1 Å². The fraction of sp³-hybridized carbons (Fsp3) is 0.400. The second kappa shape index (κ2) is 5.96. The number of rotatable bonds is 5. The second-order valence-corrected chi connectivity index (χ2v) is 5.34. The smallest absolute Gasteiger partial charge is 0.322 e. The van der Waals surface area contributed by atoms with Crippen molar-refractivity contribution in [3.63, 3.8) is 0 Å². The molecule has 0 radical (unpaired) electrons. The number of aromatic nitrogens is 4. The van der Waals surface area contributed by atoms with Crippen molar-refractivity contribution in [2.75, 3.05) is 19.0 Å². The Balaban J connectivity index is 2.23. The number of hydrogen-bond donors (Lipinski definition) is 1. The van der Waals surface area contributed by atoms with Crippen LogP contribution in [0.3, 0.4) is 0 Å². The van der Waals surface area contributed by atoms with Crippen LogP contribution in [-0.2, 0) is 0 Å². The molecule has 0 amide bonds. The first-order valence-corrected chi connectivity index (χ1v) is 7.07. The lowest BCUT2D eigenvalue weighted by atomic mass is 10.6. The van der Waals surface area contributed by atoms with Crippen molar-refractivity contribution in [2.24, 2.45) is 0 Å². The van der Waals surface area contributed by atoms with Gasteiger partial charge in [0, 0.05) is 18.1 Å². The maximum atomic E-state index is 5.30. The minimum atomic E-state index is 0.327. The highest BCUT2D eigenvalue weighted by Gasteiger charge is 2.09. The summed E-state index contributed by atoms with van der Waals surface area (Å²) in [6.45, 7) is 4.37. The van der Waals surface area contributed by atoms with Gasteiger partial charge in [-0.1, -0.05) is 0 Å². The van der Waals surface area contributed by atoms with E-state index in [2.05, 4.69) is 25.3 Å². The molecular weight excluding hydrogens is 270 g/mol. The van der Waals surface area contributed by atoms with Crippen LogP contribution in [0, 0.1) is 6.92 Å². The van der Waals surface area contributed by atoms with E-state index in [1.807, 2.05) is 19.2 Å². The zero-order valence-corrected chi connectivity index (χ0v) is 11.9. The summed E-state index contributed by atoms with van der Waals surface area (Å²) >= 11 is 2.97. The molecule has 6 nitrogen and oxygen atoms in total. The summed E-state index contributed by atoms with van der Waals surface area (Å²) < 4.78 is 6.21. The Morgan fingerprint density at radius 3 is 2.78 bits per heavy atom. The lowest BCUT2D eigenvalue weighted by Crippen LogP contribution is -2.04. The molecule has 1 N–H and O–H groups in total. The Hall–Kier alpha value is -1.41. The molecule has 0 spiro atoms. The second-order valence-electron chi connectivity index (χ2n) is 3.26. The topological polar surface area (TPSA) is 72.8 Å². The molecule has 0 unspecified atom stereocenters. The van der Waals surface area contributed by atoms with E-state index < -0.39 is 0 Å². The Kier molecular flexibility index (Phi) is 4.32. The zero-order valence-electron chi connectivity index (χ0n) is 10.3. The Bertz CT molecular complexity index is 531. The quantitative estimate of drug-likeness (QED) is 0.902. The molecule has 2 aromatic heterocycles. The van der Waals surface area contributed by atoms with E-state index in [0.29, 0.717) is 23.7 Å². The van der Waals surface area contributed by atoms with E-state index in [9.17, 15) is 0 Å². The third kappa shape index (κ3) is 3.30. The molecule has 0 aliphatic rings. The normalized spacial score (nSPS) is 10.4. The van der Waals surface area contributed by atoms with Gasteiger partial charge in [-0.05, 0) is 25.6 Å². The number of aryl methyl sites for hydroxylation is 1. The summed E-state index contributed by atoms with van der Waals surface area (Å²) in [5.74, 6) is 0.490. The third-order valence-electron chi connectivity index (χ3n) is 1.87. The van der Waals surface area contributed by atoms with Crippen LogP contribution in [0.25, 0.3) is 0 Å². The first-order chi connectivity index (χ1) is 8.71. The zero-order chi connectivity index (χ0) is 13.0. The SMILES string of the molecule is CCOc1nc(NC)nc(Sc2nc(C)cs2)n1. The molecule has 0 bridgehead atoms. The predicted octanol–water partition coefficient (Wildman–Crippen LogP) is 2.23. The van der Waals surface area contributed by atoms with E-state index >= 15 is 0 Å². The number of nitrogens with zero attached hydrogens (tertiary/aromatic N) is 4. The van der Waals surface area contributed by atoms with Crippen molar-refractivity contribution >= 4 is 29.0 Å². The minimum Gasteiger partial charge on any atom is -0.464 e. The number of ether oxygens (including phenoxy) is 1. The van der Waals surface area contributed by atoms with E-state index in [1.165, 1.54) is 11.8 Å². The van der Waals surface area contributed by atoms with Gasteiger partial charge in [-0.15, -0.1) is 11.3 Å². The van der Waals surface area contributed by atoms with Gasteiger partial charge in [-0.25, -0.2) is 4.98 Å². The van der Waals surface area contributed by atoms with Crippen LogP contribution in [0.15, 0.2) is 14.9 Å². The lowest BCUT2D eigenvalue weighted by Gasteiger charge is -2.05. The van der Waals surface area contributed by atoms with Gasteiger partial charge in [0.15, 0.2) is 4.34 Å². The van der Waals surface area contributed by atoms with Gasteiger partial charge in [0.1, 0.15) is 0 Å². The summed E-state index contributed by atoms with van der Waals surface area (Å²) in [5.41, 5.74) is 0.996. The number of anilines is 1. The van der Waals surface area contributed by atoms with Crippen LogP contribution >= 0.6 is 23.1 Å². The first-order valence-electron chi connectivity index (χ1n) is 5.38. The molecule has 0 atom stereocenters. The summed E-state index contributed by atoms with van der Waals surface area (Å²) in [6.07, 6.45) is 0. The van der Waals surface area contributed by atoms with Crippen molar-refractivity contribution in [2.45, 2.75) is 23.3 Å². The van der Waals surface area contributed by atoms with Crippen LogP contribution in [0.1, 0.15) is 12.6 Å². The van der Waals surface area contributed by atoms with Gasteiger partial charge in [0.25, 0.3) is 0 Å². The molecule has 0 aliphatic heterocycles. The maximum Gasteiger partial charge on any atom is 0.322 e. The monoisotopic (exact) mass is 283 g/mol. The van der Waals surface area contributed by atoms with Crippen LogP contribution in [0.4, 0.5) is 5.95 Å². The standard InChI is InChI=1S/C10H13N5OS2/c1-4-16-8-13-7(11-3)14-9(15-8)18-10-12-6(2)5-17-10/h5H,4H2,1-3H3,(H,11,13,14,15). The molecular formula is C10H13N5OS2. The van der Waals surface area contributed by atoms with E-state index in [0.717, 1.165) is 10.0 Å². The van der Waals surface area contributed by atoms with Gasteiger partial charge in [0.2, 0.25) is 11.1 Å². The van der Waals surface area contributed by atoms with Gasteiger partial charge in [-0.3, -0.25) is 0 Å². The van der Waals surface area contributed by atoms with Crippen LogP contribution < -0.4 is 10.1 Å². The molecule has 96 valence electrons. The Morgan fingerprint density at radius 2 is 2.17 bits per heavy atom. The van der Waals surface area contributed by atoms with Gasteiger partial charge in [0.05, 0.1) is 6.61 Å². The van der Waals surface area contributed by atoms with Crippen molar-refractivity contribution in [3.05, 3.63) is 11.1 Å². The van der Waals surface area contributed by atoms with Crippen molar-refractivity contribution in [1.82, 2.24) is 19.9 Å². The minimum absolute atomic E-state index is 0.327. The van der Waals surface area contributed by atoms with Gasteiger partial charge in [-0.2, -0.15) is 15.0 Å². The average Bonchev–Trinajstić information content (AvgIpc) is 2.75. The summed E-state index contributed by atoms with van der Waals surface area (Å²) in [4.78, 5) is 16.9. The molecule has 2 rings (SSSR count). The molecule has 0 fully saturated rings. The first kappa shape index (κ1) is 13.0. The number of nitrogens with one attached hydrogen (secondary N) is 1. The summed E-state index contributed by atoms with van der Waals surface area (Å²) in [7, 11) is 1.76. The molecule has 0 saturated carbocycles. The average molecular weight is 283 g/mol. The molecule has 2 aromatic rings. The molecule has 0 saturated heterocycles. The lowest BCUT2D eigenvalue weighted by molar-refractivity contribution is 0.308. The van der Waals surface area contributed by atoms with Crippen molar-refractivity contribution in [1.29, 1.82) is 0 Å². The molecule has 18 heavy (non-hydrogen) atoms. The van der Waals surface area contributed by atoms with Crippen molar-refractivity contribution < 1.29 is 4.74 Å². The Morgan fingerprint density at radius 1 is 1.33 bits per heavy atom. The Labute approximate surface area is 113 Å².